The Balaban J connectivity index is 1.73. The van der Waals surface area contributed by atoms with Crippen LogP contribution in [-0.4, -0.2) is 18.0 Å². The number of nitrogens with zero attached hydrogens (tertiary/aromatic N) is 1. The number of carbonyl (C=O) groups is 1. The SMILES string of the molecule is COc1cc(Cl)c(C)cc1NC(=O)c1ccc(Nc2cccc(F)c2)nc1. The topological polar surface area (TPSA) is 63.2 Å². The number of nitrogens with one attached hydrogen (secondary N) is 2. The number of anilines is 3. The van der Waals surface area contributed by atoms with Crippen LogP contribution < -0.4 is 15.4 Å². The summed E-state index contributed by atoms with van der Waals surface area (Å²) in [7, 11) is 1.51. The van der Waals surface area contributed by atoms with Gasteiger partial charge in [0, 0.05) is 23.0 Å². The molecule has 3 rings (SSSR count). The lowest BCUT2D eigenvalue weighted by Crippen LogP contribution is -2.13. The first-order chi connectivity index (χ1) is 13.0. The molecule has 3 aromatic rings. The molecule has 138 valence electrons. The quantitative estimate of drug-likeness (QED) is 0.634. The monoisotopic (exact) mass is 385 g/mol. The lowest BCUT2D eigenvalue weighted by Gasteiger charge is -2.12. The van der Waals surface area contributed by atoms with Crippen molar-refractivity contribution in [3.63, 3.8) is 0 Å². The van der Waals surface area contributed by atoms with Crippen molar-refractivity contribution in [2.24, 2.45) is 0 Å². The van der Waals surface area contributed by atoms with Crippen LogP contribution in [0.2, 0.25) is 5.02 Å². The lowest BCUT2D eigenvalue weighted by atomic mass is 10.2. The second-order valence-corrected chi connectivity index (χ2v) is 6.23. The largest absolute Gasteiger partial charge is 0.495 e. The predicted molar refractivity (Wildman–Crippen MR) is 105 cm³/mol. The minimum Gasteiger partial charge on any atom is -0.495 e. The zero-order valence-corrected chi connectivity index (χ0v) is 15.5. The van der Waals surface area contributed by atoms with Crippen molar-refractivity contribution in [1.82, 2.24) is 4.98 Å². The summed E-state index contributed by atoms with van der Waals surface area (Å²) >= 11 is 6.08. The highest BCUT2D eigenvalue weighted by atomic mass is 35.5. The lowest BCUT2D eigenvalue weighted by molar-refractivity contribution is 0.102. The molecule has 0 bridgehead atoms. The molecule has 0 radical (unpaired) electrons. The van der Waals surface area contributed by atoms with Crippen LogP contribution in [-0.2, 0) is 0 Å². The fourth-order valence-electron chi connectivity index (χ4n) is 2.44. The molecule has 0 unspecified atom stereocenters. The number of amides is 1. The number of hydrogen-bond donors (Lipinski definition) is 2. The molecule has 0 saturated heterocycles. The number of aryl methyl sites for hydroxylation is 1. The van der Waals surface area contributed by atoms with Crippen molar-refractivity contribution in [2.45, 2.75) is 6.92 Å². The van der Waals surface area contributed by atoms with E-state index in [2.05, 4.69) is 15.6 Å². The Morgan fingerprint density at radius 2 is 2.00 bits per heavy atom. The molecule has 2 N–H and O–H groups in total. The van der Waals surface area contributed by atoms with Crippen molar-refractivity contribution >= 4 is 34.7 Å². The summed E-state index contributed by atoms with van der Waals surface area (Å²) in [6.07, 6.45) is 1.44. The Hall–Kier alpha value is -3.12. The first kappa shape index (κ1) is 18.7. The van der Waals surface area contributed by atoms with Gasteiger partial charge in [-0.25, -0.2) is 9.37 Å². The summed E-state index contributed by atoms with van der Waals surface area (Å²) in [5.74, 6) is 0.288. The number of halogens is 2. The first-order valence-electron chi connectivity index (χ1n) is 8.10. The zero-order valence-electron chi connectivity index (χ0n) is 14.7. The van der Waals surface area contributed by atoms with Crippen molar-refractivity contribution in [1.29, 1.82) is 0 Å². The van der Waals surface area contributed by atoms with E-state index in [-0.39, 0.29) is 11.7 Å². The fraction of sp³-hybridized carbons (Fsp3) is 0.100. The Morgan fingerprint density at radius 1 is 1.19 bits per heavy atom. The van der Waals surface area contributed by atoms with Crippen LogP contribution in [0.15, 0.2) is 54.7 Å². The highest BCUT2D eigenvalue weighted by Gasteiger charge is 2.12. The smallest absolute Gasteiger partial charge is 0.257 e. The van der Waals surface area contributed by atoms with Crippen LogP contribution in [0.25, 0.3) is 0 Å². The normalized spacial score (nSPS) is 10.4. The van der Waals surface area contributed by atoms with Crippen LogP contribution in [0.5, 0.6) is 5.75 Å². The van der Waals surface area contributed by atoms with Gasteiger partial charge in [0.25, 0.3) is 5.91 Å². The average Bonchev–Trinajstić information content (AvgIpc) is 2.65. The molecule has 2 aromatic carbocycles. The molecule has 1 aromatic heterocycles. The van der Waals surface area contributed by atoms with Crippen molar-refractivity contribution < 1.29 is 13.9 Å². The highest BCUT2D eigenvalue weighted by Crippen LogP contribution is 2.31. The molecule has 5 nitrogen and oxygen atoms in total. The van der Waals surface area contributed by atoms with Crippen molar-refractivity contribution in [3.05, 3.63) is 76.7 Å². The van der Waals surface area contributed by atoms with Gasteiger partial charge >= 0.3 is 0 Å². The van der Waals surface area contributed by atoms with Gasteiger partial charge < -0.3 is 15.4 Å². The summed E-state index contributed by atoms with van der Waals surface area (Å²) in [5.41, 5.74) is 2.28. The highest BCUT2D eigenvalue weighted by molar-refractivity contribution is 6.31. The molecule has 0 saturated carbocycles. The number of ether oxygens (including phenoxy) is 1. The maximum absolute atomic E-state index is 13.2. The van der Waals surface area contributed by atoms with Gasteiger partial charge in [-0.05, 0) is 48.9 Å². The van der Waals surface area contributed by atoms with Crippen LogP contribution >= 0.6 is 11.6 Å². The van der Waals surface area contributed by atoms with E-state index in [0.29, 0.717) is 33.5 Å². The molecule has 0 aliphatic heterocycles. The standard InChI is InChI=1S/C20H17ClFN3O2/c1-12-8-17(18(27-2)10-16(12)21)25-20(26)13-6-7-19(23-11-13)24-15-5-3-4-14(22)9-15/h3-11H,1-2H3,(H,23,24)(H,25,26). The Kier molecular flexibility index (Phi) is 5.57. The Labute approximate surface area is 161 Å². The van der Waals surface area contributed by atoms with Crippen LogP contribution in [0, 0.1) is 12.7 Å². The van der Waals surface area contributed by atoms with Crippen molar-refractivity contribution in [2.75, 3.05) is 17.7 Å². The second-order valence-electron chi connectivity index (χ2n) is 5.82. The fourth-order valence-corrected chi connectivity index (χ4v) is 2.59. The van der Waals surface area contributed by atoms with Gasteiger partial charge in [0.15, 0.2) is 0 Å². The molecule has 0 aliphatic rings. The van der Waals surface area contributed by atoms with Gasteiger partial charge in [-0.15, -0.1) is 0 Å². The van der Waals surface area contributed by atoms with E-state index < -0.39 is 0 Å². The Bertz CT molecular complexity index is 977. The van der Waals surface area contributed by atoms with Crippen LogP contribution in [0.4, 0.5) is 21.6 Å². The van der Waals surface area contributed by atoms with E-state index in [9.17, 15) is 9.18 Å². The molecule has 1 heterocycles. The van der Waals surface area contributed by atoms with Gasteiger partial charge in [0.2, 0.25) is 0 Å². The zero-order chi connectivity index (χ0) is 19.4. The summed E-state index contributed by atoms with van der Waals surface area (Å²) in [4.78, 5) is 16.7. The van der Waals surface area contributed by atoms with Gasteiger partial charge in [-0.3, -0.25) is 4.79 Å². The summed E-state index contributed by atoms with van der Waals surface area (Å²) in [6.45, 7) is 1.84. The van der Waals surface area contributed by atoms with Gasteiger partial charge in [0.05, 0.1) is 18.4 Å². The molecular formula is C20H17ClFN3O2. The summed E-state index contributed by atoms with van der Waals surface area (Å²) < 4.78 is 18.5. The van der Waals surface area contributed by atoms with E-state index >= 15 is 0 Å². The molecule has 0 spiro atoms. The van der Waals surface area contributed by atoms with Crippen LogP contribution in [0.3, 0.4) is 0 Å². The number of pyridine rings is 1. The second kappa shape index (κ2) is 8.05. The number of carbonyl (C=O) groups excluding carboxylic acids is 1. The van der Waals surface area contributed by atoms with E-state index in [1.165, 1.54) is 25.4 Å². The molecular weight excluding hydrogens is 369 g/mol. The van der Waals surface area contributed by atoms with E-state index in [0.717, 1.165) is 5.56 Å². The summed E-state index contributed by atoms with van der Waals surface area (Å²) in [6, 6.07) is 12.7. The molecule has 0 fully saturated rings. The van der Waals surface area contributed by atoms with E-state index in [4.69, 9.17) is 16.3 Å². The first-order valence-corrected chi connectivity index (χ1v) is 8.48. The third kappa shape index (κ3) is 4.54. The number of rotatable bonds is 5. The molecule has 0 aliphatic carbocycles. The maximum atomic E-state index is 13.2. The predicted octanol–water partition coefficient (Wildman–Crippen LogP) is 5.19. The van der Waals surface area contributed by atoms with Gasteiger partial charge in [0.1, 0.15) is 17.4 Å². The third-order valence-corrected chi connectivity index (χ3v) is 4.26. The molecule has 7 heteroatoms. The average molecular weight is 386 g/mol. The minimum atomic E-state index is -0.344. The number of benzene rings is 2. The van der Waals surface area contributed by atoms with E-state index in [1.807, 2.05) is 6.92 Å². The van der Waals surface area contributed by atoms with Gasteiger partial charge in [-0.2, -0.15) is 0 Å². The summed E-state index contributed by atoms with van der Waals surface area (Å²) in [5, 5.41) is 6.32. The Morgan fingerprint density at radius 3 is 2.67 bits per heavy atom. The molecule has 0 atom stereocenters. The maximum Gasteiger partial charge on any atom is 0.257 e. The molecule has 27 heavy (non-hydrogen) atoms. The molecule has 1 amide bonds. The minimum absolute atomic E-state index is 0.333. The van der Waals surface area contributed by atoms with Crippen molar-refractivity contribution in [3.8, 4) is 5.75 Å². The number of aromatic nitrogens is 1. The van der Waals surface area contributed by atoms with Gasteiger partial charge in [-0.1, -0.05) is 17.7 Å². The number of hydrogen-bond acceptors (Lipinski definition) is 4. The number of methoxy groups -OCH3 is 1. The third-order valence-electron chi connectivity index (χ3n) is 3.85. The van der Waals surface area contributed by atoms with E-state index in [1.54, 1.807) is 36.4 Å². The van der Waals surface area contributed by atoms with Crippen LogP contribution in [0.1, 0.15) is 15.9 Å².